The molecule has 0 saturated heterocycles. The molecular formula is C26H21ClFN5O2. The van der Waals surface area contributed by atoms with Gasteiger partial charge in [-0.1, -0.05) is 11.6 Å². The van der Waals surface area contributed by atoms with Gasteiger partial charge in [0.25, 0.3) is 0 Å². The molecule has 5 aromatic rings. The lowest BCUT2D eigenvalue weighted by Gasteiger charge is -2.47. The van der Waals surface area contributed by atoms with Gasteiger partial charge >= 0.3 is 5.97 Å². The Kier molecular flexibility index (Phi) is 4.45. The van der Waals surface area contributed by atoms with Crippen LogP contribution in [0.4, 0.5) is 4.39 Å². The van der Waals surface area contributed by atoms with Gasteiger partial charge in [-0.25, -0.2) is 19.3 Å². The minimum Gasteiger partial charge on any atom is -0.481 e. The molecule has 0 unspecified atom stereocenters. The van der Waals surface area contributed by atoms with Crippen molar-refractivity contribution in [2.24, 2.45) is 17.8 Å². The number of fused-ring (bicyclic) bond motifs is 7. The monoisotopic (exact) mass is 489 g/mol. The summed E-state index contributed by atoms with van der Waals surface area (Å²) in [7, 11) is 0. The molecule has 9 heteroatoms. The van der Waals surface area contributed by atoms with Crippen LogP contribution in [0, 0.1) is 23.6 Å². The van der Waals surface area contributed by atoms with Crippen LogP contribution in [0.25, 0.3) is 44.4 Å². The van der Waals surface area contributed by atoms with E-state index in [9.17, 15) is 14.3 Å². The number of aromatic amines is 1. The average molecular weight is 490 g/mol. The predicted octanol–water partition coefficient (Wildman–Crippen LogP) is 5.98. The van der Waals surface area contributed by atoms with E-state index in [0.29, 0.717) is 32.9 Å². The molecule has 0 aliphatic heterocycles. The first-order chi connectivity index (χ1) is 17.0. The van der Waals surface area contributed by atoms with Crippen molar-refractivity contribution >= 4 is 50.5 Å². The number of halogens is 2. The number of carbonyl (C=O) groups is 1. The highest BCUT2D eigenvalue weighted by Crippen LogP contribution is 2.53. The van der Waals surface area contributed by atoms with Crippen molar-refractivity contribution in [2.45, 2.75) is 31.7 Å². The molecule has 8 rings (SSSR count). The van der Waals surface area contributed by atoms with Crippen molar-refractivity contribution in [1.29, 1.82) is 0 Å². The number of H-pyrrole nitrogens is 1. The number of nitrogens with zero attached hydrogens (tertiary/aromatic N) is 4. The van der Waals surface area contributed by atoms with Crippen LogP contribution in [0.3, 0.4) is 0 Å². The fourth-order valence-corrected chi connectivity index (χ4v) is 6.68. The zero-order chi connectivity index (χ0) is 23.8. The second-order valence-electron chi connectivity index (χ2n) is 9.74. The third-order valence-corrected chi connectivity index (χ3v) is 8.21. The number of aliphatic carboxylic acids is 1. The molecule has 0 amide bonds. The minimum atomic E-state index is -0.770. The van der Waals surface area contributed by atoms with Gasteiger partial charge in [0.2, 0.25) is 0 Å². The summed E-state index contributed by atoms with van der Waals surface area (Å²) in [5, 5.41) is 12.9. The Hall–Kier alpha value is -3.52. The van der Waals surface area contributed by atoms with E-state index in [1.54, 1.807) is 24.7 Å². The topological polar surface area (TPSA) is 96.7 Å². The summed E-state index contributed by atoms with van der Waals surface area (Å²) in [6.07, 6.45) is 8.94. The van der Waals surface area contributed by atoms with Gasteiger partial charge in [0, 0.05) is 40.3 Å². The van der Waals surface area contributed by atoms with Gasteiger partial charge in [-0.15, -0.1) is 0 Å². The van der Waals surface area contributed by atoms with Crippen LogP contribution in [0.5, 0.6) is 0 Å². The largest absolute Gasteiger partial charge is 0.481 e. The zero-order valence-electron chi connectivity index (χ0n) is 18.6. The molecule has 0 spiro atoms. The maximum Gasteiger partial charge on any atom is 0.308 e. The van der Waals surface area contributed by atoms with E-state index in [1.807, 2.05) is 6.07 Å². The molecule has 2 N–H and O–H groups in total. The number of rotatable bonds is 3. The van der Waals surface area contributed by atoms with E-state index in [-0.39, 0.29) is 23.7 Å². The number of carboxylic acids is 1. The lowest BCUT2D eigenvalue weighted by molar-refractivity contribution is -0.151. The van der Waals surface area contributed by atoms with E-state index in [2.05, 4.69) is 19.5 Å². The van der Waals surface area contributed by atoms with Gasteiger partial charge in [-0.05, 0) is 61.8 Å². The number of nitrogens with one attached hydrogen (secondary N) is 1. The first-order valence-electron chi connectivity index (χ1n) is 11.8. The summed E-state index contributed by atoms with van der Waals surface area (Å²) in [4.78, 5) is 29.5. The molecule has 176 valence electrons. The first-order valence-corrected chi connectivity index (χ1v) is 12.2. The van der Waals surface area contributed by atoms with E-state index in [1.165, 1.54) is 12.1 Å². The van der Waals surface area contributed by atoms with Crippen LogP contribution in [-0.2, 0) is 4.79 Å². The van der Waals surface area contributed by atoms with Crippen LogP contribution in [0.1, 0.15) is 31.7 Å². The second-order valence-corrected chi connectivity index (χ2v) is 10.2. The summed E-state index contributed by atoms with van der Waals surface area (Å²) in [5.41, 5.74) is 2.84. The second kappa shape index (κ2) is 7.49. The summed E-state index contributed by atoms with van der Waals surface area (Å²) in [5.74, 6) is -0.768. The van der Waals surface area contributed by atoms with Gasteiger partial charge in [0.1, 0.15) is 17.1 Å². The molecule has 3 saturated carbocycles. The van der Waals surface area contributed by atoms with E-state index in [0.717, 1.165) is 42.1 Å². The molecule has 3 aliphatic rings. The number of hydrogen-bond acceptors (Lipinski definition) is 4. The third kappa shape index (κ3) is 3.02. The highest BCUT2D eigenvalue weighted by atomic mass is 35.5. The van der Waals surface area contributed by atoms with Gasteiger partial charge in [-0.2, -0.15) is 0 Å². The number of aromatic nitrogens is 5. The van der Waals surface area contributed by atoms with Crippen molar-refractivity contribution in [2.75, 3.05) is 0 Å². The Labute approximate surface area is 204 Å². The Balaban J connectivity index is 1.52. The normalized spacial score (nSPS) is 24.1. The molecular weight excluding hydrogens is 469 g/mol. The fraction of sp³-hybridized carbons (Fsp3) is 0.308. The van der Waals surface area contributed by atoms with Gasteiger partial charge < -0.3 is 14.7 Å². The van der Waals surface area contributed by atoms with Crippen molar-refractivity contribution in [3.8, 4) is 11.4 Å². The Morgan fingerprint density at radius 2 is 1.86 bits per heavy atom. The van der Waals surface area contributed by atoms with E-state index in [4.69, 9.17) is 16.6 Å². The molecule has 3 aliphatic carbocycles. The molecule has 0 radical (unpaired) electrons. The van der Waals surface area contributed by atoms with Crippen molar-refractivity contribution in [1.82, 2.24) is 24.5 Å². The van der Waals surface area contributed by atoms with Crippen LogP contribution in [-0.4, -0.2) is 35.6 Å². The number of hydrogen-bond donors (Lipinski definition) is 2. The van der Waals surface area contributed by atoms with Crippen molar-refractivity contribution < 1.29 is 14.3 Å². The predicted molar refractivity (Wildman–Crippen MR) is 131 cm³/mol. The summed E-state index contributed by atoms with van der Waals surface area (Å²) < 4.78 is 16.4. The highest BCUT2D eigenvalue weighted by molar-refractivity contribution is 6.31. The van der Waals surface area contributed by atoms with Gasteiger partial charge in [-0.3, -0.25) is 4.79 Å². The van der Waals surface area contributed by atoms with Crippen LogP contribution < -0.4 is 0 Å². The standard InChI is InChI=1S/C26H21ClFN5O2/c27-14-7-17-18(10-30-23(17)29-9-14)24-31-11-19-16-8-15(28)5-6-20(16)33(25(19)32-24)22-13-3-1-12(2-4-13)21(22)26(34)35/h5-13,21-22H,1-4H2,(H,29,30)(H,34,35)/t12?,13?,21-,22-/m0/s1. The molecule has 4 aromatic heterocycles. The van der Waals surface area contributed by atoms with Gasteiger partial charge in [0.05, 0.1) is 22.5 Å². The molecule has 35 heavy (non-hydrogen) atoms. The van der Waals surface area contributed by atoms with Crippen molar-refractivity contribution in [3.05, 3.63) is 53.7 Å². The van der Waals surface area contributed by atoms with Gasteiger partial charge in [0.15, 0.2) is 5.82 Å². The fourth-order valence-electron chi connectivity index (χ4n) is 6.53. The first kappa shape index (κ1) is 20.8. The average Bonchev–Trinajstić information content (AvgIpc) is 3.42. The molecule has 7 nitrogen and oxygen atoms in total. The lowest BCUT2D eigenvalue weighted by Crippen LogP contribution is -2.45. The number of benzene rings is 1. The Morgan fingerprint density at radius 3 is 2.66 bits per heavy atom. The summed E-state index contributed by atoms with van der Waals surface area (Å²) >= 11 is 6.19. The zero-order valence-corrected chi connectivity index (χ0v) is 19.3. The Bertz CT molecular complexity index is 1650. The van der Waals surface area contributed by atoms with Crippen LogP contribution >= 0.6 is 11.6 Å². The highest BCUT2D eigenvalue weighted by Gasteiger charge is 2.49. The summed E-state index contributed by atoms with van der Waals surface area (Å²) in [6, 6.07) is 6.23. The minimum absolute atomic E-state index is 0.138. The van der Waals surface area contributed by atoms with E-state index >= 15 is 0 Å². The molecule has 3 fully saturated rings. The lowest BCUT2D eigenvalue weighted by atomic mass is 9.61. The molecule has 2 atom stereocenters. The quantitative estimate of drug-likeness (QED) is 0.325. The Morgan fingerprint density at radius 1 is 1.06 bits per heavy atom. The molecule has 2 bridgehead atoms. The number of carboxylic acid groups (broad SMARTS) is 1. The SMILES string of the molecule is O=C(O)[C@H]1C2CCC(CC2)[C@@H]1n1c2ccc(F)cc2c2cnc(-c3c[nH]c4ncc(Cl)cc34)nc21. The summed E-state index contributed by atoms with van der Waals surface area (Å²) in [6.45, 7) is 0. The maximum atomic E-state index is 14.3. The smallest absolute Gasteiger partial charge is 0.308 e. The number of pyridine rings is 1. The van der Waals surface area contributed by atoms with Crippen LogP contribution in [0.2, 0.25) is 5.02 Å². The van der Waals surface area contributed by atoms with Crippen molar-refractivity contribution in [3.63, 3.8) is 0 Å². The maximum absolute atomic E-state index is 14.3. The van der Waals surface area contributed by atoms with E-state index < -0.39 is 11.9 Å². The van der Waals surface area contributed by atoms with Crippen LogP contribution in [0.15, 0.2) is 42.9 Å². The molecule has 1 aromatic carbocycles. The molecule has 4 heterocycles. The third-order valence-electron chi connectivity index (χ3n) is 8.00.